The van der Waals surface area contributed by atoms with Gasteiger partial charge in [-0.1, -0.05) is 0 Å². The third-order valence-electron chi connectivity index (χ3n) is 1.32. The minimum absolute atomic E-state index is 0.234. The summed E-state index contributed by atoms with van der Waals surface area (Å²) < 4.78 is 4.70. The summed E-state index contributed by atoms with van der Waals surface area (Å²) in [5.74, 6) is -0.234. The van der Waals surface area contributed by atoms with E-state index >= 15 is 0 Å². The van der Waals surface area contributed by atoms with Crippen molar-refractivity contribution in [3.05, 3.63) is 0 Å². The van der Waals surface area contributed by atoms with Crippen LogP contribution in [0.3, 0.4) is 0 Å². The molecular weight excluding hydrogens is 144 g/mol. The van der Waals surface area contributed by atoms with Crippen LogP contribution in [-0.4, -0.2) is 23.8 Å². The van der Waals surface area contributed by atoms with E-state index in [2.05, 4.69) is 0 Å². The largest absolute Gasteiger partial charge is 0.466 e. The first-order valence-electron chi connectivity index (χ1n) is 3.94. The van der Waals surface area contributed by atoms with E-state index in [1.165, 1.54) is 6.92 Å². The first-order valence-corrected chi connectivity index (χ1v) is 3.94. The zero-order valence-corrected chi connectivity index (χ0v) is 7.17. The van der Waals surface area contributed by atoms with Crippen LogP contribution in [0.1, 0.15) is 33.1 Å². The van der Waals surface area contributed by atoms with Gasteiger partial charge < -0.3 is 9.84 Å². The highest BCUT2D eigenvalue weighted by molar-refractivity contribution is 5.65. The van der Waals surface area contributed by atoms with E-state index in [9.17, 15) is 4.79 Å². The molecule has 0 aromatic rings. The van der Waals surface area contributed by atoms with Gasteiger partial charge in [0.15, 0.2) is 0 Å². The summed E-state index contributed by atoms with van der Waals surface area (Å²) in [5, 5.41) is 8.85. The molecule has 0 saturated heterocycles. The number of esters is 1. The SMILES string of the molecule is CC(=O)OCCCC[C@H](C)O. The van der Waals surface area contributed by atoms with Crippen LogP contribution in [0.25, 0.3) is 0 Å². The summed E-state index contributed by atoms with van der Waals surface area (Å²) in [6.07, 6.45) is 2.28. The molecule has 0 fully saturated rings. The Hall–Kier alpha value is -0.570. The van der Waals surface area contributed by atoms with Gasteiger partial charge in [0, 0.05) is 6.92 Å². The fourth-order valence-corrected chi connectivity index (χ4v) is 0.758. The van der Waals surface area contributed by atoms with Crippen molar-refractivity contribution in [2.24, 2.45) is 0 Å². The van der Waals surface area contributed by atoms with Crippen LogP contribution in [0.4, 0.5) is 0 Å². The van der Waals surface area contributed by atoms with Crippen molar-refractivity contribution in [1.29, 1.82) is 0 Å². The van der Waals surface area contributed by atoms with E-state index in [-0.39, 0.29) is 12.1 Å². The average Bonchev–Trinajstić information content (AvgIpc) is 1.85. The van der Waals surface area contributed by atoms with Gasteiger partial charge in [-0.25, -0.2) is 0 Å². The first-order chi connectivity index (χ1) is 5.13. The molecule has 3 nitrogen and oxygen atoms in total. The van der Waals surface area contributed by atoms with Crippen LogP contribution in [-0.2, 0) is 9.53 Å². The Kier molecular flexibility index (Phi) is 5.84. The summed E-state index contributed by atoms with van der Waals surface area (Å²) in [5.41, 5.74) is 0. The Morgan fingerprint density at radius 1 is 1.55 bits per heavy atom. The molecule has 0 aliphatic heterocycles. The summed E-state index contributed by atoms with van der Waals surface area (Å²) in [6, 6.07) is 0. The van der Waals surface area contributed by atoms with Crippen molar-refractivity contribution >= 4 is 5.97 Å². The fraction of sp³-hybridized carbons (Fsp3) is 0.875. The van der Waals surface area contributed by atoms with E-state index in [0.717, 1.165) is 19.3 Å². The molecule has 0 heterocycles. The standard InChI is InChI=1S/C8H16O3/c1-7(9)5-3-4-6-11-8(2)10/h7,9H,3-6H2,1-2H3/t7-/m0/s1. The van der Waals surface area contributed by atoms with Gasteiger partial charge in [-0.2, -0.15) is 0 Å². The second-order valence-corrected chi connectivity index (χ2v) is 2.68. The molecule has 0 aliphatic carbocycles. The van der Waals surface area contributed by atoms with Gasteiger partial charge in [0.2, 0.25) is 0 Å². The highest BCUT2D eigenvalue weighted by Gasteiger charge is 1.96. The van der Waals surface area contributed by atoms with Crippen molar-refractivity contribution in [3.8, 4) is 0 Å². The van der Waals surface area contributed by atoms with E-state index in [4.69, 9.17) is 9.84 Å². The molecule has 0 aromatic heterocycles. The number of rotatable bonds is 5. The average molecular weight is 160 g/mol. The smallest absolute Gasteiger partial charge is 0.302 e. The van der Waals surface area contributed by atoms with Gasteiger partial charge in [-0.05, 0) is 26.2 Å². The van der Waals surface area contributed by atoms with Gasteiger partial charge >= 0.3 is 5.97 Å². The molecule has 66 valence electrons. The van der Waals surface area contributed by atoms with Gasteiger partial charge in [0.05, 0.1) is 12.7 Å². The molecule has 0 spiro atoms. The summed E-state index contributed by atoms with van der Waals surface area (Å²) >= 11 is 0. The lowest BCUT2D eigenvalue weighted by atomic mass is 10.2. The zero-order chi connectivity index (χ0) is 8.69. The van der Waals surface area contributed by atoms with Crippen LogP contribution >= 0.6 is 0 Å². The lowest BCUT2D eigenvalue weighted by molar-refractivity contribution is -0.141. The molecule has 0 amide bonds. The summed E-state index contributed by atoms with van der Waals surface area (Å²) in [4.78, 5) is 10.3. The second-order valence-electron chi connectivity index (χ2n) is 2.68. The minimum atomic E-state index is -0.243. The maximum Gasteiger partial charge on any atom is 0.302 e. The number of aliphatic hydroxyl groups is 1. The Balaban J connectivity index is 2.97. The fourth-order valence-electron chi connectivity index (χ4n) is 0.758. The molecular formula is C8H16O3. The molecule has 11 heavy (non-hydrogen) atoms. The predicted molar refractivity (Wildman–Crippen MR) is 42.2 cm³/mol. The summed E-state index contributed by atoms with van der Waals surface area (Å²) in [7, 11) is 0. The topological polar surface area (TPSA) is 46.5 Å². The number of aliphatic hydroxyl groups excluding tert-OH is 1. The number of carbonyl (C=O) groups excluding carboxylic acids is 1. The number of unbranched alkanes of at least 4 members (excludes halogenated alkanes) is 1. The molecule has 1 atom stereocenters. The monoisotopic (exact) mass is 160 g/mol. The van der Waals surface area contributed by atoms with E-state index in [0.29, 0.717) is 6.61 Å². The summed E-state index contributed by atoms with van der Waals surface area (Å²) in [6.45, 7) is 3.63. The zero-order valence-electron chi connectivity index (χ0n) is 7.17. The molecule has 1 N–H and O–H groups in total. The van der Waals surface area contributed by atoms with Crippen molar-refractivity contribution in [3.63, 3.8) is 0 Å². The highest BCUT2D eigenvalue weighted by Crippen LogP contribution is 1.99. The van der Waals surface area contributed by atoms with Gasteiger partial charge in [0.1, 0.15) is 0 Å². The van der Waals surface area contributed by atoms with Gasteiger partial charge in [-0.15, -0.1) is 0 Å². The molecule has 0 rings (SSSR count). The van der Waals surface area contributed by atoms with Crippen LogP contribution in [0.2, 0.25) is 0 Å². The Labute approximate surface area is 67.4 Å². The Morgan fingerprint density at radius 3 is 2.64 bits per heavy atom. The van der Waals surface area contributed by atoms with Crippen molar-refractivity contribution in [2.45, 2.75) is 39.2 Å². The van der Waals surface area contributed by atoms with Crippen LogP contribution in [0.15, 0.2) is 0 Å². The lowest BCUT2D eigenvalue weighted by Gasteiger charge is -2.03. The van der Waals surface area contributed by atoms with Crippen LogP contribution in [0, 0.1) is 0 Å². The maximum absolute atomic E-state index is 10.3. The van der Waals surface area contributed by atoms with Gasteiger partial charge in [-0.3, -0.25) is 4.79 Å². The van der Waals surface area contributed by atoms with E-state index < -0.39 is 0 Å². The van der Waals surface area contributed by atoms with Crippen LogP contribution < -0.4 is 0 Å². The Morgan fingerprint density at radius 2 is 2.18 bits per heavy atom. The maximum atomic E-state index is 10.3. The van der Waals surface area contributed by atoms with Gasteiger partial charge in [0.25, 0.3) is 0 Å². The molecule has 0 unspecified atom stereocenters. The number of hydrogen-bond donors (Lipinski definition) is 1. The lowest BCUT2D eigenvalue weighted by Crippen LogP contribution is -2.03. The predicted octanol–water partition coefficient (Wildman–Crippen LogP) is 1.10. The van der Waals surface area contributed by atoms with Crippen molar-refractivity contribution in [1.82, 2.24) is 0 Å². The van der Waals surface area contributed by atoms with E-state index in [1.807, 2.05) is 0 Å². The molecule has 0 radical (unpaired) electrons. The quantitative estimate of drug-likeness (QED) is 0.484. The van der Waals surface area contributed by atoms with E-state index in [1.54, 1.807) is 6.92 Å². The van der Waals surface area contributed by atoms with Crippen LogP contribution in [0.5, 0.6) is 0 Å². The minimum Gasteiger partial charge on any atom is -0.466 e. The third-order valence-corrected chi connectivity index (χ3v) is 1.32. The number of ether oxygens (including phenoxy) is 1. The molecule has 0 bridgehead atoms. The van der Waals surface area contributed by atoms with Crippen molar-refractivity contribution in [2.75, 3.05) is 6.61 Å². The molecule has 0 aliphatic rings. The second kappa shape index (κ2) is 6.16. The third kappa shape index (κ3) is 9.43. The first kappa shape index (κ1) is 10.4. The highest BCUT2D eigenvalue weighted by atomic mass is 16.5. The molecule has 0 saturated carbocycles. The Bertz CT molecular complexity index is 110. The molecule has 3 heteroatoms. The van der Waals surface area contributed by atoms with Crippen molar-refractivity contribution < 1.29 is 14.6 Å². The normalized spacial score (nSPS) is 12.6. The number of hydrogen-bond acceptors (Lipinski definition) is 3. The molecule has 0 aromatic carbocycles. The number of carbonyl (C=O) groups is 1.